The third kappa shape index (κ3) is 4.24. The summed E-state index contributed by atoms with van der Waals surface area (Å²) in [4.78, 5) is 37.5. The van der Waals surface area contributed by atoms with Gasteiger partial charge in [0.05, 0.1) is 11.3 Å². The van der Waals surface area contributed by atoms with E-state index in [0.29, 0.717) is 5.69 Å². The van der Waals surface area contributed by atoms with Crippen LogP contribution in [0.15, 0.2) is 36.5 Å². The summed E-state index contributed by atoms with van der Waals surface area (Å²) in [5, 5.41) is 9.25. The molecule has 9 heteroatoms. The quantitative estimate of drug-likeness (QED) is 0.405. The van der Waals surface area contributed by atoms with E-state index >= 15 is 0 Å². The minimum Gasteiger partial charge on any atom is -0.478 e. The van der Waals surface area contributed by atoms with E-state index in [2.05, 4.69) is 11.6 Å². The first-order chi connectivity index (χ1) is 12.3. The molecule has 1 fully saturated rings. The maximum Gasteiger partial charge on any atom is 0.334 e. The Morgan fingerprint density at radius 1 is 1.46 bits per heavy atom. The summed E-state index contributed by atoms with van der Waals surface area (Å²) in [6.07, 6.45) is -1.78. The molecule has 0 aromatic carbocycles. The fourth-order valence-electron chi connectivity index (χ4n) is 2.63. The average molecular weight is 365 g/mol. The standard InChI is InChI=1S/C17H19NO8/c1-10(16(21)22)14(24-11(2)20)15-12(8-23-9-19)25-17(3,26-15)13-6-4-5-7-18-13/h4-7,9,12,14-15H,1,8H2,2-3H3,(H,21,22). The van der Waals surface area contributed by atoms with Gasteiger partial charge in [0.25, 0.3) is 6.47 Å². The van der Waals surface area contributed by atoms with Gasteiger partial charge in [0, 0.05) is 13.1 Å². The maximum absolute atomic E-state index is 11.4. The van der Waals surface area contributed by atoms with Crippen molar-refractivity contribution < 1.29 is 38.4 Å². The molecule has 0 radical (unpaired) electrons. The van der Waals surface area contributed by atoms with Gasteiger partial charge in [0.1, 0.15) is 18.8 Å². The number of carbonyl (C=O) groups excluding carboxylic acids is 2. The number of carboxylic acid groups (broad SMARTS) is 1. The van der Waals surface area contributed by atoms with Crippen LogP contribution in [-0.4, -0.2) is 53.4 Å². The van der Waals surface area contributed by atoms with Crippen LogP contribution in [0.25, 0.3) is 0 Å². The highest BCUT2D eigenvalue weighted by Gasteiger charge is 2.52. The SMILES string of the molecule is C=C(C(=O)O)C(OC(C)=O)C1OC(C)(c2ccccn2)OC1COC=O. The zero-order valence-corrected chi connectivity index (χ0v) is 14.3. The number of hydrogen-bond acceptors (Lipinski definition) is 8. The second-order valence-electron chi connectivity index (χ2n) is 5.69. The number of ether oxygens (including phenoxy) is 4. The minimum absolute atomic E-state index is 0.226. The number of aromatic nitrogens is 1. The van der Waals surface area contributed by atoms with E-state index in [-0.39, 0.29) is 13.1 Å². The molecule has 2 rings (SSSR count). The van der Waals surface area contributed by atoms with E-state index in [1.807, 2.05) is 0 Å². The Balaban J connectivity index is 2.37. The summed E-state index contributed by atoms with van der Waals surface area (Å²) in [6, 6.07) is 5.09. The van der Waals surface area contributed by atoms with Crippen molar-refractivity contribution >= 4 is 18.4 Å². The van der Waals surface area contributed by atoms with Crippen LogP contribution in [0.1, 0.15) is 19.5 Å². The summed E-state index contributed by atoms with van der Waals surface area (Å²) in [5.41, 5.74) is 0.0243. The number of nitrogens with zero attached hydrogens (tertiary/aromatic N) is 1. The van der Waals surface area contributed by atoms with Crippen LogP contribution in [-0.2, 0) is 39.1 Å². The predicted octanol–water partition coefficient (Wildman–Crippen LogP) is 0.784. The Bertz CT molecular complexity index is 691. The van der Waals surface area contributed by atoms with E-state index in [9.17, 15) is 19.5 Å². The lowest BCUT2D eigenvalue weighted by atomic mass is 10.0. The number of esters is 1. The van der Waals surface area contributed by atoms with Crippen LogP contribution >= 0.6 is 0 Å². The van der Waals surface area contributed by atoms with Gasteiger partial charge in [-0.05, 0) is 19.1 Å². The molecule has 9 nitrogen and oxygen atoms in total. The van der Waals surface area contributed by atoms with Crippen molar-refractivity contribution in [3.63, 3.8) is 0 Å². The van der Waals surface area contributed by atoms with E-state index in [4.69, 9.17) is 18.9 Å². The zero-order valence-electron chi connectivity index (χ0n) is 14.3. The van der Waals surface area contributed by atoms with Crippen molar-refractivity contribution in [2.75, 3.05) is 6.61 Å². The second kappa shape index (κ2) is 8.07. The van der Waals surface area contributed by atoms with Gasteiger partial charge in [-0.1, -0.05) is 12.6 Å². The van der Waals surface area contributed by atoms with Crippen LogP contribution < -0.4 is 0 Å². The normalized spacial score (nSPS) is 25.9. The smallest absolute Gasteiger partial charge is 0.334 e. The molecule has 1 aromatic heterocycles. The molecule has 140 valence electrons. The molecule has 0 amide bonds. The van der Waals surface area contributed by atoms with Crippen molar-refractivity contribution in [1.82, 2.24) is 4.98 Å². The predicted molar refractivity (Wildman–Crippen MR) is 85.7 cm³/mol. The van der Waals surface area contributed by atoms with Crippen LogP contribution in [0.2, 0.25) is 0 Å². The van der Waals surface area contributed by atoms with E-state index in [0.717, 1.165) is 6.92 Å². The van der Waals surface area contributed by atoms with Gasteiger partial charge in [-0.15, -0.1) is 0 Å². The first-order valence-electron chi connectivity index (χ1n) is 7.70. The topological polar surface area (TPSA) is 121 Å². The molecule has 2 heterocycles. The lowest BCUT2D eigenvalue weighted by molar-refractivity contribution is -0.186. The highest BCUT2D eigenvalue weighted by atomic mass is 16.8. The number of pyridine rings is 1. The molecule has 1 aromatic rings. The van der Waals surface area contributed by atoms with Crippen molar-refractivity contribution in [1.29, 1.82) is 0 Å². The van der Waals surface area contributed by atoms with E-state index < -0.39 is 41.6 Å². The Morgan fingerprint density at radius 3 is 2.73 bits per heavy atom. The van der Waals surface area contributed by atoms with Gasteiger partial charge in [-0.25, -0.2) is 4.79 Å². The molecule has 0 saturated carbocycles. The highest BCUT2D eigenvalue weighted by molar-refractivity contribution is 5.87. The largest absolute Gasteiger partial charge is 0.478 e. The second-order valence-corrected chi connectivity index (χ2v) is 5.69. The van der Waals surface area contributed by atoms with Crippen molar-refractivity contribution in [2.45, 2.75) is 37.9 Å². The zero-order chi connectivity index (χ0) is 19.3. The number of rotatable bonds is 8. The van der Waals surface area contributed by atoms with Crippen molar-refractivity contribution in [3.05, 3.63) is 42.2 Å². The lowest BCUT2D eigenvalue weighted by Crippen LogP contribution is -2.43. The van der Waals surface area contributed by atoms with Gasteiger partial charge >= 0.3 is 11.9 Å². The third-order valence-electron chi connectivity index (χ3n) is 3.77. The van der Waals surface area contributed by atoms with Gasteiger partial charge in [-0.2, -0.15) is 0 Å². The summed E-state index contributed by atoms with van der Waals surface area (Å²) in [6.45, 7) is 6.15. The van der Waals surface area contributed by atoms with Crippen molar-refractivity contribution in [3.8, 4) is 0 Å². The molecule has 0 spiro atoms. The Kier molecular flexibility index (Phi) is 6.06. The van der Waals surface area contributed by atoms with Crippen LogP contribution in [0, 0.1) is 0 Å². The Morgan fingerprint density at radius 2 is 2.19 bits per heavy atom. The molecule has 1 aliphatic heterocycles. The third-order valence-corrected chi connectivity index (χ3v) is 3.77. The minimum atomic E-state index is -1.36. The number of carboxylic acids is 1. The van der Waals surface area contributed by atoms with Crippen LogP contribution in [0.4, 0.5) is 0 Å². The summed E-state index contributed by atoms with van der Waals surface area (Å²) >= 11 is 0. The number of aliphatic carboxylic acids is 1. The Labute approximate surface area is 149 Å². The fourth-order valence-corrected chi connectivity index (χ4v) is 2.63. The average Bonchev–Trinajstić information content (AvgIpc) is 2.95. The van der Waals surface area contributed by atoms with Gasteiger partial charge < -0.3 is 24.1 Å². The monoisotopic (exact) mass is 365 g/mol. The van der Waals surface area contributed by atoms with Crippen LogP contribution in [0.5, 0.6) is 0 Å². The first kappa shape index (κ1) is 19.5. The molecule has 1 N–H and O–H groups in total. The highest BCUT2D eigenvalue weighted by Crippen LogP contribution is 2.39. The first-order valence-corrected chi connectivity index (χ1v) is 7.70. The molecular formula is C17H19NO8. The van der Waals surface area contributed by atoms with Gasteiger partial charge in [-0.3, -0.25) is 14.6 Å². The molecule has 1 aliphatic rings. The maximum atomic E-state index is 11.4. The molecule has 4 atom stereocenters. The summed E-state index contributed by atoms with van der Waals surface area (Å²) in [7, 11) is 0. The molecule has 1 saturated heterocycles. The fraction of sp³-hybridized carbons (Fsp3) is 0.412. The molecule has 0 aliphatic carbocycles. The lowest BCUT2D eigenvalue weighted by Gasteiger charge is -2.26. The number of hydrogen-bond donors (Lipinski definition) is 1. The van der Waals surface area contributed by atoms with Gasteiger partial charge in [0.2, 0.25) is 5.79 Å². The summed E-state index contributed by atoms with van der Waals surface area (Å²) < 4.78 is 21.6. The Hall–Kier alpha value is -2.78. The van der Waals surface area contributed by atoms with E-state index in [1.54, 1.807) is 25.1 Å². The van der Waals surface area contributed by atoms with Crippen LogP contribution in [0.3, 0.4) is 0 Å². The van der Waals surface area contributed by atoms with Crippen molar-refractivity contribution in [2.24, 2.45) is 0 Å². The summed E-state index contributed by atoms with van der Waals surface area (Å²) in [5.74, 6) is -3.44. The van der Waals surface area contributed by atoms with Gasteiger partial charge in [0.15, 0.2) is 6.10 Å². The number of carbonyl (C=O) groups is 3. The molecule has 26 heavy (non-hydrogen) atoms. The molecular weight excluding hydrogens is 346 g/mol. The molecule has 0 bridgehead atoms. The van der Waals surface area contributed by atoms with E-state index in [1.165, 1.54) is 6.20 Å². The molecule has 4 unspecified atom stereocenters.